The highest BCUT2D eigenvalue weighted by molar-refractivity contribution is 5.85. The summed E-state index contributed by atoms with van der Waals surface area (Å²) in [6.07, 6.45) is 0.635. The molecule has 0 atom stereocenters. The lowest BCUT2D eigenvalue weighted by molar-refractivity contribution is -0.136. The number of hydrogen-bond donors (Lipinski definition) is 1. The number of methoxy groups -OCH3 is 1. The Kier molecular flexibility index (Phi) is 5.32. The van der Waals surface area contributed by atoms with Gasteiger partial charge >= 0.3 is 5.97 Å². The van der Waals surface area contributed by atoms with Crippen LogP contribution in [0.15, 0.2) is 65.1 Å². The van der Waals surface area contributed by atoms with Crippen LogP contribution in [0.2, 0.25) is 0 Å². The molecule has 0 amide bonds. The molecule has 1 aromatic heterocycles. The van der Waals surface area contributed by atoms with Gasteiger partial charge in [0.1, 0.15) is 17.1 Å². The van der Waals surface area contributed by atoms with Crippen LogP contribution in [0.5, 0.6) is 5.75 Å². The standard InChI is InChI=1S/C26H24O4/c1-16-11-22(29-3)12-17(2)26(16)20-6-4-5-19(14-20)24-15-21-13-18(8-10-25(27)28)7-9-23(21)30-24/h4-7,9,11-15H,8,10H2,1-3H3,(H,27,28). The van der Waals surface area contributed by atoms with Gasteiger partial charge in [0.15, 0.2) is 0 Å². The third kappa shape index (κ3) is 3.94. The topological polar surface area (TPSA) is 59.7 Å². The molecule has 0 unspecified atom stereocenters. The summed E-state index contributed by atoms with van der Waals surface area (Å²) in [6, 6.07) is 20.3. The fraction of sp³-hybridized carbons (Fsp3) is 0.192. The van der Waals surface area contributed by atoms with E-state index in [-0.39, 0.29) is 6.42 Å². The van der Waals surface area contributed by atoms with Gasteiger partial charge in [-0.2, -0.15) is 0 Å². The molecule has 0 saturated heterocycles. The molecule has 152 valence electrons. The quantitative estimate of drug-likeness (QED) is 0.406. The summed E-state index contributed by atoms with van der Waals surface area (Å²) in [7, 11) is 1.68. The molecule has 0 spiro atoms. The monoisotopic (exact) mass is 400 g/mol. The van der Waals surface area contributed by atoms with Gasteiger partial charge in [0.25, 0.3) is 0 Å². The molecule has 3 aromatic carbocycles. The van der Waals surface area contributed by atoms with E-state index < -0.39 is 5.97 Å². The van der Waals surface area contributed by atoms with Crippen molar-refractivity contribution in [3.63, 3.8) is 0 Å². The summed E-state index contributed by atoms with van der Waals surface area (Å²) in [5.41, 5.74) is 7.46. The van der Waals surface area contributed by atoms with Gasteiger partial charge in [0.2, 0.25) is 0 Å². The first-order valence-corrected chi connectivity index (χ1v) is 9.95. The lowest BCUT2D eigenvalue weighted by Gasteiger charge is -2.13. The molecule has 4 heteroatoms. The van der Waals surface area contributed by atoms with Gasteiger partial charge in [0, 0.05) is 17.4 Å². The van der Waals surface area contributed by atoms with Crippen molar-refractivity contribution in [2.24, 2.45) is 0 Å². The summed E-state index contributed by atoms with van der Waals surface area (Å²) < 4.78 is 11.5. The molecular formula is C26H24O4. The molecule has 0 bridgehead atoms. The normalized spacial score (nSPS) is 11.0. The summed E-state index contributed by atoms with van der Waals surface area (Å²) in [4.78, 5) is 10.8. The number of aryl methyl sites for hydroxylation is 3. The van der Waals surface area contributed by atoms with Gasteiger partial charge in [-0.1, -0.05) is 24.3 Å². The lowest BCUT2D eigenvalue weighted by atomic mass is 9.94. The number of ether oxygens (including phenoxy) is 1. The highest BCUT2D eigenvalue weighted by Crippen LogP contribution is 2.35. The van der Waals surface area contributed by atoms with Crippen molar-refractivity contribution in [2.75, 3.05) is 7.11 Å². The van der Waals surface area contributed by atoms with Crippen LogP contribution in [-0.2, 0) is 11.2 Å². The smallest absolute Gasteiger partial charge is 0.303 e. The van der Waals surface area contributed by atoms with Gasteiger partial charge in [-0.3, -0.25) is 4.79 Å². The van der Waals surface area contributed by atoms with E-state index in [1.807, 2.05) is 36.4 Å². The predicted molar refractivity (Wildman–Crippen MR) is 119 cm³/mol. The minimum atomic E-state index is -0.788. The van der Waals surface area contributed by atoms with Crippen molar-refractivity contribution in [3.8, 4) is 28.2 Å². The van der Waals surface area contributed by atoms with Crippen molar-refractivity contribution in [1.82, 2.24) is 0 Å². The number of carbonyl (C=O) groups is 1. The first-order valence-electron chi connectivity index (χ1n) is 9.95. The van der Waals surface area contributed by atoms with Crippen molar-refractivity contribution in [2.45, 2.75) is 26.7 Å². The number of carboxylic acids is 1. The van der Waals surface area contributed by atoms with Crippen LogP contribution in [0.4, 0.5) is 0 Å². The van der Waals surface area contributed by atoms with Crippen LogP contribution in [0.1, 0.15) is 23.1 Å². The second kappa shape index (κ2) is 8.07. The van der Waals surface area contributed by atoms with E-state index in [0.29, 0.717) is 6.42 Å². The molecule has 1 N–H and O–H groups in total. The minimum absolute atomic E-state index is 0.124. The highest BCUT2D eigenvalue weighted by atomic mass is 16.5. The van der Waals surface area contributed by atoms with E-state index in [4.69, 9.17) is 14.3 Å². The Labute approximate surface area is 175 Å². The largest absolute Gasteiger partial charge is 0.497 e. The minimum Gasteiger partial charge on any atom is -0.497 e. The van der Waals surface area contributed by atoms with E-state index >= 15 is 0 Å². The maximum atomic E-state index is 10.8. The fourth-order valence-electron chi connectivity index (χ4n) is 3.97. The molecule has 30 heavy (non-hydrogen) atoms. The zero-order valence-corrected chi connectivity index (χ0v) is 17.4. The van der Waals surface area contributed by atoms with Crippen molar-refractivity contribution >= 4 is 16.9 Å². The third-order valence-electron chi connectivity index (χ3n) is 5.39. The molecule has 0 aliphatic carbocycles. The van der Waals surface area contributed by atoms with Crippen LogP contribution in [0.25, 0.3) is 33.4 Å². The highest BCUT2D eigenvalue weighted by Gasteiger charge is 2.12. The maximum Gasteiger partial charge on any atom is 0.303 e. The number of rotatable bonds is 6. The lowest BCUT2D eigenvalue weighted by Crippen LogP contribution is -1.96. The summed E-state index contributed by atoms with van der Waals surface area (Å²) in [6.45, 7) is 4.19. The van der Waals surface area contributed by atoms with Crippen molar-refractivity contribution in [1.29, 1.82) is 0 Å². The van der Waals surface area contributed by atoms with Crippen LogP contribution < -0.4 is 4.74 Å². The second-order valence-electron chi connectivity index (χ2n) is 7.59. The van der Waals surface area contributed by atoms with Crippen LogP contribution in [0, 0.1) is 13.8 Å². The fourth-order valence-corrected chi connectivity index (χ4v) is 3.97. The third-order valence-corrected chi connectivity index (χ3v) is 5.39. The van der Waals surface area contributed by atoms with Gasteiger partial charge in [-0.05, 0) is 84.5 Å². The van der Waals surface area contributed by atoms with Crippen molar-refractivity contribution < 1.29 is 19.1 Å². The Morgan fingerprint density at radius 2 is 1.70 bits per heavy atom. The van der Waals surface area contributed by atoms with Crippen molar-refractivity contribution in [3.05, 3.63) is 77.4 Å². The van der Waals surface area contributed by atoms with Gasteiger partial charge in [-0.25, -0.2) is 0 Å². The van der Waals surface area contributed by atoms with Crippen LogP contribution >= 0.6 is 0 Å². The molecule has 0 aliphatic rings. The number of aliphatic carboxylic acids is 1. The van der Waals surface area contributed by atoms with Gasteiger partial charge < -0.3 is 14.3 Å². The molecule has 0 radical (unpaired) electrons. The summed E-state index contributed by atoms with van der Waals surface area (Å²) >= 11 is 0. The van der Waals surface area contributed by atoms with Crippen LogP contribution in [-0.4, -0.2) is 18.2 Å². The maximum absolute atomic E-state index is 10.8. The first kappa shape index (κ1) is 19.8. The molecule has 4 nitrogen and oxygen atoms in total. The van der Waals surface area contributed by atoms with E-state index in [9.17, 15) is 4.79 Å². The predicted octanol–water partition coefficient (Wildman–Crippen LogP) is 6.41. The summed E-state index contributed by atoms with van der Waals surface area (Å²) in [5, 5.41) is 9.89. The molecule has 4 aromatic rings. The number of hydrogen-bond acceptors (Lipinski definition) is 3. The molecule has 1 heterocycles. The average molecular weight is 400 g/mol. The van der Waals surface area contributed by atoms with E-state index in [1.54, 1.807) is 7.11 Å². The number of furan rings is 1. The molecule has 0 aliphatic heterocycles. The van der Waals surface area contributed by atoms with Crippen LogP contribution in [0.3, 0.4) is 0 Å². The second-order valence-corrected chi connectivity index (χ2v) is 7.59. The van der Waals surface area contributed by atoms with Gasteiger partial charge in [-0.15, -0.1) is 0 Å². The Hall–Kier alpha value is -3.53. The summed E-state index contributed by atoms with van der Waals surface area (Å²) in [5.74, 6) is 0.871. The Bertz CT molecular complexity index is 1210. The zero-order valence-electron chi connectivity index (χ0n) is 17.4. The number of carboxylic acid groups (broad SMARTS) is 1. The zero-order chi connectivity index (χ0) is 21.3. The molecule has 0 saturated carbocycles. The molecule has 0 fully saturated rings. The van der Waals surface area contributed by atoms with Gasteiger partial charge in [0.05, 0.1) is 7.11 Å². The number of fused-ring (bicyclic) bond motifs is 1. The molecular weight excluding hydrogens is 376 g/mol. The first-order chi connectivity index (χ1) is 14.4. The Morgan fingerprint density at radius 3 is 2.40 bits per heavy atom. The van der Waals surface area contributed by atoms with E-state index in [0.717, 1.165) is 50.3 Å². The average Bonchev–Trinajstić information content (AvgIpc) is 3.15. The number of benzene rings is 3. The molecule has 4 rings (SSSR count). The van der Waals surface area contributed by atoms with E-state index in [1.165, 1.54) is 5.56 Å². The van der Waals surface area contributed by atoms with E-state index in [2.05, 4.69) is 38.1 Å². The Balaban J connectivity index is 1.70. The SMILES string of the molecule is COc1cc(C)c(-c2cccc(-c3cc4cc(CCC(=O)O)ccc4o3)c2)c(C)c1. The Morgan fingerprint density at radius 1 is 0.967 bits per heavy atom.